The Bertz CT molecular complexity index is 326. The summed E-state index contributed by atoms with van der Waals surface area (Å²) in [5, 5.41) is 2.03. The second kappa shape index (κ2) is 4.65. The van der Waals surface area contributed by atoms with Crippen LogP contribution in [0.4, 0.5) is 23.7 Å². The van der Waals surface area contributed by atoms with Crippen molar-refractivity contribution in [2.45, 2.75) is 6.36 Å². The van der Waals surface area contributed by atoms with E-state index in [1.807, 2.05) is 5.32 Å². The summed E-state index contributed by atoms with van der Waals surface area (Å²) < 4.78 is 34.3. The number of rotatable bonds is 2. The van der Waals surface area contributed by atoms with Crippen LogP contribution in [0, 0.1) is 0 Å². The van der Waals surface area contributed by atoms with Crippen LogP contribution in [0.2, 0.25) is 0 Å². The fourth-order valence-corrected chi connectivity index (χ4v) is 0.745. The summed E-state index contributed by atoms with van der Waals surface area (Å²) in [6, 6.07) is 7.84. The molecule has 1 amide bonds. The summed E-state index contributed by atoms with van der Waals surface area (Å²) in [5.41, 5.74) is 0.299. The van der Waals surface area contributed by atoms with Gasteiger partial charge in [0.05, 0.1) is 0 Å². The van der Waals surface area contributed by atoms with Crippen molar-refractivity contribution in [3.8, 4) is 0 Å². The lowest BCUT2D eigenvalue weighted by Gasteiger charge is -2.06. The van der Waals surface area contributed by atoms with Crippen LogP contribution in [0.25, 0.3) is 0 Å². The molecule has 15 heavy (non-hydrogen) atoms. The van der Waals surface area contributed by atoms with Crippen LogP contribution in [-0.4, -0.2) is 12.5 Å². The van der Waals surface area contributed by atoms with Crippen molar-refractivity contribution in [1.29, 1.82) is 0 Å². The Morgan fingerprint density at radius 3 is 2.33 bits per heavy atom. The zero-order valence-electron chi connectivity index (χ0n) is 7.25. The number of benzene rings is 1. The molecule has 0 saturated carbocycles. The topological polar surface area (TPSA) is 47.6 Å². The van der Waals surface area contributed by atoms with Crippen molar-refractivity contribution < 1.29 is 27.7 Å². The highest BCUT2D eigenvalue weighted by Crippen LogP contribution is 2.16. The fraction of sp³-hybridized carbons (Fsp3) is 0.125. The molecule has 0 aliphatic carbocycles. The SMILES string of the molecule is O=C(Nc1ccccc1)OOC(F)(F)F. The standard InChI is InChI=1S/C8H6F3NO3/c9-8(10,11)15-14-7(13)12-6-4-2-1-3-5-6/h1-5H,(H,12,13). The van der Waals surface area contributed by atoms with Crippen LogP contribution in [0.15, 0.2) is 30.3 Å². The Kier molecular flexibility index (Phi) is 3.51. The molecule has 0 aromatic heterocycles. The molecular weight excluding hydrogens is 215 g/mol. The number of carbonyl (C=O) groups excluding carboxylic acids is 1. The minimum Gasteiger partial charge on any atom is -0.289 e. The number of para-hydroxylation sites is 1. The van der Waals surface area contributed by atoms with E-state index >= 15 is 0 Å². The predicted molar refractivity (Wildman–Crippen MR) is 43.7 cm³/mol. The van der Waals surface area contributed by atoms with Crippen molar-refractivity contribution in [3.63, 3.8) is 0 Å². The summed E-state index contributed by atoms with van der Waals surface area (Å²) in [7, 11) is 0. The van der Waals surface area contributed by atoms with Gasteiger partial charge in [-0.05, 0) is 12.1 Å². The van der Waals surface area contributed by atoms with E-state index in [0.717, 1.165) is 0 Å². The van der Waals surface area contributed by atoms with E-state index < -0.39 is 12.5 Å². The molecule has 0 aliphatic heterocycles. The van der Waals surface area contributed by atoms with Crippen LogP contribution in [0.1, 0.15) is 0 Å². The first-order valence-corrected chi connectivity index (χ1v) is 3.76. The molecule has 0 atom stereocenters. The van der Waals surface area contributed by atoms with Crippen LogP contribution in [-0.2, 0) is 9.78 Å². The fourth-order valence-electron chi connectivity index (χ4n) is 0.745. The number of anilines is 1. The van der Waals surface area contributed by atoms with Gasteiger partial charge >= 0.3 is 12.5 Å². The van der Waals surface area contributed by atoms with E-state index in [9.17, 15) is 18.0 Å². The summed E-state index contributed by atoms with van der Waals surface area (Å²) >= 11 is 0. The zero-order valence-corrected chi connectivity index (χ0v) is 7.25. The number of halogens is 3. The third-order valence-electron chi connectivity index (χ3n) is 1.23. The smallest absolute Gasteiger partial charge is 0.289 e. The molecule has 1 aromatic rings. The maximum absolute atomic E-state index is 11.4. The molecule has 0 fully saturated rings. The quantitative estimate of drug-likeness (QED) is 0.616. The maximum atomic E-state index is 11.4. The number of nitrogens with one attached hydrogen (secondary N) is 1. The Labute approximate surface area is 82.5 Å². The van der Waals surface area contributed by atoms with Gasteiger partial charge in [-0.3, -0.25) is 10.2 Å². The summed E-state index contributed by atoms with van der Waals surface area (Å²) in [4.78, 5) is 17.0. The van der Waals surface area contributed by atoms with Gasteiger partial charge in [0.25, 0.3) is 0 Å². The first-order chi connectivity index (χ1) is 6.97. The minimum absolute atomic E-state index is 0.299. The van der Waals surface area contributed by atoms with Crippen molar-refractivity contribution in [2.24, 2.45) is 0 Å². The number of hydrogen-bond donors (Lipinski definition) is 1. The molecular formula is C8H6F3NO3. The monoisotopic (exact) mass is 221 g/mol. The maximum Gasteiger partial charge on any atom is 0.558 e. The van der Waals surface area contributed by atoms with Gasteiger partial charge in [0, 0.05) is 5.69 Å². The molecule has 7 heteroatoms. The van der Waals surface area contributed by atoms with Gasteiger partial charge in [0.1, 0.15) is 0 Å². The second-order valence-corrected chi connectivity index (χ2v) is 2.39. The Balaban J connectivity index is 2.38. The third-order valence-corrected chi connectivity index (χ3v) is 1.23. The highest BCUT2D eigenvalue weighted by molar-refractivity contribution is 5.83. The molecule has 0 heterocycles. The molecule has 1 rings (SSSR count). The van der Waals surface area contributed by atoms with Crippen LogP contribution >= 0.6 is 0 Å². The van der Waals surface area contributed by atoms with Crippen molar-refractivity contribution in [2.75, 3.05) is 5.32 Å². The lowest BCUT2D eigenvalue weighted by atomic mass is 10.3. The number of carbonyl (C=O) groups is 1. The van der Waals surface area contributed by atoms with Crippen LogP contribution in [0.3, 0.4) is 0 Å². The highest BCUT2D eigenvalue weighted by Gasteiger charge is 2.33. The average molecular weight is 221 g/mol. The van der Waals surface area contributed by atoms with Gasteiger partial charge in [-0.1, -0.05) is 23.1 Å². The van der Waals surface area contributed by atoms with Crippen molar-refractivity contribution in [3.05, 3.63) is 30.3 Å². The van der Waals surface area contributed by atoms with Gasteiger partial charge in [-0.15, -0.1) is 13.2 Å². The first kappa shape index (κ1) is 11.3. The lowest BCUT2D eigenvalue weighted by molar-refractivity contribution is -0.456. The zero-order chi connectivity index (χ0) is 11.3. The largest absolute Gasteiger partial charge is 0.558 e. The van der Waals surface area contributed by atoms with E-state index in [1.54, 1.807) is 18.2 Å². The molecule has 0 spiro atoms. The predicted octanol–water partition coefficient (Wildman–Crippen LogP) is 2.69. The number of hydrogen-bond acceptors (Lipinski definition) is 3. The Morgan fingerprint density at radius 1 is 1.20 bits per heavy atom. The minimum atomic E-state index is -5.01. The third kappa shape index (κ3) is 4.87. The number of amides is 1. The molecule has 0 aliphatic rings. The molecule has 0 saturated heterocycles. The normalized spacial score (nSPS) is 10.9. The van der Waals surface area contributed by atoms with Gasteiger partial charge in [-0.2, -0.15) is 0 Å². The lowest BCUT2D eigenvalue weighted by Crippen LogP contribution is -2.21. The Hall–Kier alpha value is -1.76. The molecule has 1 aromatic carbocycles. The van der Waals surface area contributed by atoms with Crippen molar-refractivity contribution >= 4 is 11.8 Å². The van der Waals surface area contributed by atoms with E-state index in [4.69, 9.17) is 0 Å². The van der Waals surface area contributed by atoms with Crippen LogP contribution in [0.5, 0.6) is 0 Å². The summed E-state index contributed by atoms with van der Waals surface area (Å²) in [6.07, 6.45) is -6.35. The molecule has 82 valence electrons. The van der Waals surface area contributed by atoms with Crippen LogP contribution < -0.4 is 5.32 Å². The van der Waals surface area contributed by atoms with E-state index in [-0.39, 0.29) is 0 Å². The molecule has 0 unspecified atom stereocenters. The highest BCUT2D eigenvalue weighted by atomic mass is 19.4. The van der Waals surface area contributed by atoms with E-state index in [2.05, 4.69) is 9.78 Å². The van der Waals surface area contributed by atoms with E-state index in [0.29, 0.717) is 5.69 Å². The molecule has 0 bridgehead atoms. The molecule has 1 N–H and O–H groups in total. The summed E-state index contributed by atoms with van der Waals surface area (Å²) in [6.45, 7) is 0. The number of alkyl halides is 3. The molecule has 0 radical (unpaired) electrons. The van der Waals surface area contributed by atoms with Gasteiger partial charge in [-0.25, -0.2) is 4.79 Å². The first-order valence-electron chi connectivity index (χ1n) is 3.76. The summed E-state index contributed by atoms with van der Waals surface area (Å²) in [5.74, 6) is 0. The Morgan fingerprint density at radius 2 is 1.80 bits per heavy atom. The second-order valence-electron chi connectivity index (χ2n) is 2.39. The molecule has 4 nitrogen and oxygen atoms in total. The van der Waals surface area contributed by atoms with E-state index in [1.165, 1.54) is 12.1 Å². The van der Waals surface area contributed by atoms with Gasteiger partial charge in [0.2, 0.25) is 0 Å². The van der Waals surface area contributed by atoms with Gasteiger partial charge < -0.3 is 0 Å². The van der Waals surface area contributed by atoms with Crippen molar-refractivity contribution in [1.82, 2.24) is 0 Å². The van der Waals surface area contributed by atoms with Gasteiger partial charge in [0.15, 0.2) is 0 Å². The average Bonchev–Trinajstić information content (AvgIpc) is 2.15.